The van der Waals surface area contributed by atoms with Crippen molar-refractivity contribution >= 4 is 12.0 Å². The standard InChI is InChI=1S/C33H46O5/c1-7-37-31(35)16-14-24-13-15-29(36-6)25(21-24)26-22-27-28(33(4,5)18-17-32(27,2)3)23-30(26)38-20-12-10-8-9-11-19-34/h13-16,21-23,34H,7-12,17-20H2,1-6H3. The Morgan fingerprint density at radius 3 is 2.18 bits per heavy atom. The van der Waals surface area contributed by atoms with Crippen LogP contribution in [0.5, 0.6) is 11.5 Å². The van der Waals surface area contributed by atoms with Crippen LogP contribution >= 0.6 is 0 Å². The summed E-state index contributed by atoms with van der Waals surface area (Å²) in [5.41, 5.74) is 5.68. The van der Waals surface area contributed by atoms with Gasteiger partial charge in [0.25, 0.3) is 0 Å². The smallest absolute Gasteiger partial charge is 0.330 e. The summed E-state index contributed by atoms with van der Waals surface area (Å²) < 4.78 is 17.3. The Balaban J connectivity index is 2.04. The number of unbranched alkanes of at least 4 members (excludes halogenated alkanes) is 4. The Morgan fingerprint density at radius 1 is 0.895 bits per heavy atom. The lowest BCUT2D eigenvalue weighted by atomic mass is 9.62. The van der Waals surface area contributed by atoms with Gasteiger partial charge in [0.1, 0.15) is 11.5 Å². The van der Waals surface area contributed by atoms with E-state index in [0.717, 1.165) is 73.1 Å². The zero-order chi connectivity index (χ0) is 27.8. The molecule has 3 rings (SSSR count). The fourth-order valence-corrected chi connectivity index (χ4v) is 5.24. The van der Waals surface area contributed by atoms with Gasteiger partial charge in [-0.3, -0.25) is 0 Å². The molecule has 1 aliphatic rings. The van der Waals surface area contributed by atoms with Gasteiger partial charge in [0, 0.05) is 23.8 Å². The summed E-state index contributed by atoms with van der Waals surface area (Å²) in [5.74, 6) is 1.28. The molecule has 0 spiro atoms. The minimum absolute atomic E-state index is 0.0551. The molecule has 208 valence electrons. The molecule has 0 amide bonds. The van der Waals surface area contributed by atoms with Gasteiger partial charge in [-0.2, -0.15) is 0 Å². The van der Waals surface area contributed by atoms with E-state index in [1.54, 1.807) is 20.1 Å². The first kappa shape index (κ1) is 29.8. The van der Waals surface area contributed by atoms with Gasteiger partial charge in [-0.05, 0) is 90.5 Å². The quantitative estimate of drug-likeness (QED) is 0.167. The predicted octanol–water partition coefficient (Wildman–Crippen LogP) is 7.61. The third kappa shape index (κ3) is 7.41. The van der Waals surface area contributed by atoms with E-state index in [1.807, 2.05) is 12.1 Å². The van der Waals surface area contributed by atoms with Crippen molar-refractivity contribution in [1.29, 1.82) is 0 Å². The van der Waals surface area contributed by atoms with E-state index in [9.17, 15) is 4.79 Å². The van der Waals surface area contributed by atoms with Crippen LogP contribution in [0.25, 0.3) is 17.2 Å². The van der Waals surface area contributed by atoms with E-state index >= 15 is 0 Å². The molecule has 1 N–H and O–H groups in total. The molecule has 0 unspecified atom stereocenters. The number of carbonyl (C=O) groups excluding carboxylic acids is 1. The van der Waals surface area contributed by atoms with Gasteiger partial charge >= 0.3 is 5.97 Å². The van der Waals surface area contributed by atoms with Gasteiger partial charge in [0.05, 0.1) is 20.3 Å². The second-order valence-corrected chi connectivity index (χ2v) is 11.5. The maximum atomic E-state index is 11.9. The molecular weight excluding hydrogens is 476 g/mol. The lowest BCUT2D eigenvalue weighted by Gasteiger charge is -2.42. The van der Waals surface area contributed by atoms with Gasteiger partial charge < -0.3 is 19.3 Å². The largest absolute Gasteiger partial charge is 0.496 e. The molecule has 0 saturated carbocycles. The monoisotopic (exact) mass is 522 g/mol. The summed E-state index contributed by atoms with van der Waals surface area (Å²) in [4.78, 5) is 11.9. The van der Waals surface area contributed by atoms with Crippen LogP contribution in [-0.2, 0) is 20.4 Å². The average molecular weight is 523 g/mol. The van der Waals surface area contributed by atoms with Crippen LogP contribution in [0.4, 0.5) is 0 Å². The highest BCUT2D eigenvalue weighted by atomic mass is 16.5. The second kappa shape index (κ2) is 13.3. The summed E-state index contributed by atoms with van der Waals surface area (Å²) in [6.45, 7) is 12.4. The van der Waals surface area contributed by atoms with E-state index < -0.39 is 0 Å². The number of ether oxygens (including phenoxy) is 3. The number of benzene rings is 2. The third-order valence-electron chi connectivity index (χ3n) is 7.73. The summed E-state index contributed by atoms with van der Waals surface area (Å²) in [5, 5.41) is 9.02. The summed E-state index contributed by atoms with van der Waals surface area (Å²) in [6.07, 6.45) is 10.6. The predicted molar refractivity (Wildman–Crippen MR) is 155 cm³/mol. The normalized spacial score (nSPS) is 15.8. The number of methoxy groups -OCH3 is 1. The average Bonchev–Trinajstić information content (AvgIpc) is 2.89. The fourth-order valence-electron chi connectivity index (χ4n) is 5.24. The summed E-state index contributed by atoms with van der Waals surface area (Å²) >= 11 is 0. The number of fused-ring (bicyclic) bond motifs is 1. The Bertz CT molecular complexity index is 1110. The first-order valence-corrected chi connectivity index (χ1v) is 14.1. The molecule has 5 nitrogen and oxygen atoms in total. The number of hydrogen-bond acceptors (Lipinski definition) is 5. The molecule has 38 heavy (non-hydrogen) atoms. The van der Waals surface area contributed by atoms with Crippen LogP contribution in [0.2, 0.25) is 0 Å². The van der Waals surface area contributed by atoms with E-state index in [4.69, 9.17) is 19.3 Å². The number of aliphatic hydroxyl groups excluding tert-OH is 1. The molecular formula is C33H46O5. The van der Waals surface area contributed by atoms with Crippen LogP contribution < -0.4 is 9.47 Å². The fraction of sp³-hybridized carbons (Fsp3) is 0.545. The lowest BCUT2D eigenvalue weighted by molar-refractivity contribution is -0.137. The maximum absolute atomic E-state index is 11.9. The lowest BCUT2D eigenvalue weighted by Crippen LogP contribution is -2.34. The zero-order valence-electron chi connectivity index (χ0n) is 24.2. The van der Waals surface area contributed by atoms with Crippen molar-refractivity contribution in [3.8, 4) is 22.6 Å². The molecule has 1 aliphatic carbocycles. The molecule has 0 saturated heterocycles. The van der Waals surface area contributed by atoms with E-state index in [0.29, 0.717) is 13.2 Å². The SMILES string of the molecule is CCOC(=O)C=Cc1ccc(OC)c(-c2cc3c(cc2OCCCCCCCO)C(C)(C)CCC3(C)C)c1. The molecule has 0 aliphatic heterocycles. The molecule has 2 aromatic carbocycles. The molecule has 5 heteroatoms. The van der Waals surface area contributed by atoms with Crippen LogP contribution in [0.1, 0.15) is 96.3 Å². The highest BCUT2D eigenvalue weighted by molar-refractivity contribution is 5.88. The highest BCUT2D eigenvalue weighted by Crippen LogP contribution is 2.50. The highest BCUT2D eigenvalue weighted by Gasteiger charge is 2.38. The van der Waals surface area contributed by atoms with Crippen LogP contribution in [-0.4, -0.2) is 38.0 Å². The second-order valence-electron chi connectivity index (χ2n) is 11.5. The third-order valence-corrected chi connectivity index (χ3v) is 7.73. The van der Waals surface area contributed by atoms with Crippen molar-refractivity contribution < 1.29 is 24.1 Å². The van der Waals surface area contributed by atoms with E-state index in [1.165, 1.54) is 17.2 Å². The van der Waals surface area contributed by atoms with Crippen molar-refractivity contribution in [3.63, 3.8) is 0 Å². The minimum Gasteiger partial charge on any atom is -0.496 e. The Morgan fingerprint density at radius 2 is 1.53 bits per heavy atom. The van der Waals surface area contributed by atoms with E-state index in [-0.39, 0.29) is 23.4 Å². The van der Waals surface area contributed by atoms with Gasteiger partial charge in [0.2, 0.25) is 0 Å². The van der Waals surface area contributed by atoms with Gasteiger partial charge in [-0.25, -0.2) is 4.79 Å². The maximum Gasteiger partial charge on any atom is 0.330 e. The van der Waals surface area contributed by atoms with Crippen LogP contribution in [0, 0.1) is 0 Å². The van der Waals surface area contributed by atoms with Crippen LogP contribution in [0.3, 0.4) is 0 Å². The van der Waals surface area contributed by atoms with E-state index in [2.05, 4.69) is 45.9 Å². The first-order valence-electron chi connectivity index (χ1n) is 14.1. The summed E-state index contributed by atoms with van der Waals surface area (Å²) in [7, 11) is 1.69. The molecule has 0 heterocycles. The van der Waals surface area contributed by atoms with Crippen molar-refractivity contribution in [2.45, 2.75) is 90.4 Å². The number of hydrogen-bond donors (Lipinski definition) is 1. The van der Waals surface area contributed by atoms with Crippen molar-refractivity contribution in [3.05, 3.63) is 53.1 Å². The number of esters is 1. The molecule has 0 aromatic heterocycles. The molecule has 0 bridgehead atoms. The molecule has 0 fully saturated rings. The molecule has 2 aromatic rings. The minimum atomic E-state index is -0.356. The first-order chi connectivity index (χ1) is 18.1. The van der Waals surface area contributed by atoms with Crippen molar-refractivity contribution in [2.24, 2.45) is 0 Å². The zero-order valence-corrected chi connectivity index (χ0v) is 24.2. The van der Waals surface area contributed by atoms with Gasteiger partial charge in [0.15, 0.2) is 0 Å². The van der Waals surface area contributed by atoms with Crippen LogP contribution in [0.15, 0.2) is 36.4 Å². The Hall–Kier alpha value is -2.79. The number of carbonyl (C=O) groups is 1. The summed E-state index contributed by atoms with van der Waals surface area (Å²) in [6, 6.07) is 10.5. The van der Waals surface area contributed by atoms with Crippen molar-refractivity contribution in [2.75, 3.05) is 26.9 Å². The topological polar surface area (TPSA) is 65.0 Å². The Kier molecular flexibility index (Phi) is 10.4. The van der Waals surface area contributed by atoms with Crippen molar-refractivity contribution in [1.82, 2.24) is 0 Å². The number of aliphatic hydroxyl groups is 1. The Labute approximate surface area is 229 Å². The molecule has 0 radical (unpaired) electrons. The van der Waals surface area contributed by atoms with Gasteiger partial charge in [-0.1, -0.05) is 53.0 Å². The van der Waals surface area contributed by atoms with Gasteiger partial charge in [-0.15, -0.1) is 0 Å². The number of rotatable bonds is 13. The molecule has 0 atom stereocenters.